The number of nitrogens with one attached hydrogen (secondary N) is 4. The molecular formula is C22H33N7O2. The first-order valence-corrected chi connectivity index (χ1v) is 11.0. The van der Waals surface area contributed by atoms with Crippen molar-refractivity contribution in [1.29, 1.82) is 0 Å². The van der Waals surface area contributed by atoms with Crippen LogP contribution in [0.3, 0.4) is 0 Å². The Morgan fingerprint density at radius 3 is 2.32 bits per heavy atom. The number of aromatic nitrogens is 5. The second-order valence-corrected chi connectivity index (χ2v) is 7.23. The zero-order chi connectivity index (χ0) is 22.6. The number of aromatic amines is 3. The van der Waals surface area contributed by atoms with Gasteiger partial charge in [-0.3, -0.25) is 15.0 Å². The molecule has 0 aliphatic carbocycles. The molecule has 3 aromatic heterocycles. The maximum atomic E-state index is 11.7. The molecule has 0 fully saturated rings. The van der Waals surface area contributed by atoms with Crippen molar-refractivity contribution >= 4 is 22.6 Å². The third-order valence-electron chi connectivity index (χ3n) is 4.73. The van der Waals surface area contributed by atoms with Gasteiger partial charge < -0.3 is 15.0 Å². The number of hydrazone groups is 1. The van der Waals surface area contributed by atoms with Gasteiger partial charge in [0.1, 0.15) is 5.65 Å². The molecule has 0 saturated carbocycles. The van der Waals surface area contributed by atoms with Crippen molar-refractivity contribution in [2.24, 2.45) is 5.10 Å². The van der Waals surface area contributed by atoms with E-state index in [2.05, 4.69) is 63.1 Å². The van der Waals surface area contributed by atoms with Crippen molar-refractivity contribution in [2.45, 2.75) is 72.6 Å². The smallest absolute Gasteiger partial charge is 0.260 e. The molecular weight excluding hydrogens is 394 g/mol. The van der Waals surface area contributed by atoms with E-state index in [0.29, 0.717) is 11.5 Å². The van der Waals surface area contributed by atoms with Crippen molar-refractivity contribution in [1.82, 2.24) is 24.9 Å². The molecule has 0 saturated heterocycles. The summed E-state index contributed by atoms with van der Waals surface area (Å²) in [6.07, 6.45) is 9.80. The minimum atomic E-state index is -0.180. The largest absolute Gasteiger partial charge is 0.343 e. The number of rotatable bonds is 9. The maximum absolute atomic E-state index is 11.7. The lowest BCUT2D eigenvalue weighted by atomic mass is 10.1. The van der Waals surface area contributed by atoms with Crippen LogP contribution in [0, 0.1) is 0 Å². The van der Waals surface area contributed by atoms with Crippen LogP contribution in [0.1, 0.15) is 71.1 Å². The third kappa shape index (κ3) is 6.91. The Balaban J connectivity index is 0.000000220. The molecule has 0 aromatic carbocycles. The molecule has 3 rings (SSSR count). The lowest BCUT2D eigenvalue weighted by molar-refractivity contribution is 0.876. The third-order valence-corrected chi connectivity index (χ3v) is 4.73. The van der Waals surface area contributed by atoms with Gasteiger partial charge in [-0.15, -0.1) is 0 Å². The van der Waals surface area contributed by atoms with Crippen molar-refractivity contribution in [3.8, 4) is 0 Å². The Morgan fingerprint density at radius 2 is 1.71 bits per heavy atom. The van der Waals surface area contributed by atoms with Crippen LogP contribution in [-0.2, 0) is 12.8 Å². The summed E-state index contributed by atoms with van der Waals surface area (Å²) in [5.74, 6) is 0.480. The van der Waals surface area contributed by atoms with Gasteiger partial charge in [0.15, 0.2) is 5.82 Å². The summed E-state index contributed by atoms with van der Waals surface area (Å²) >= 11 is 0. The van der Waals surface area contributed by atoms with Crippen molar-refractivity contribution in [3.05, 3.63) is 50.7 Å². The van der Waals surface area contributed by atoms with Gasteiger partial charge >= 0.3 is 0 Å². The SMILES string of the molecule is CCCC(CCC)=NNc1cc(=O)[nH]cn1.CCCc1[nH]c2nc[nH]c(=O)c2c1CC. The summed E-state index contributed by atoms with van der Waals surface area (Å²) in [7, 11) is 0. The van der Waals surface area contributed by atoms with E-state index in [1.165, 1.54) is 18.7 Å². The quantitative estimate of drug-likeness (QED) is 0.304. The predicted molar refractivity (Wildman–Crippen MR) is 126 cm³/mol. The molecule has 0 aliphatic heterocycles. The lowest BCUT2D eigenvalue weighted by Gasteiger charge is -2.04. The number of aryl methyl sites for hydroxylation is 2. The first kappa shape index (κ1) is 24.0. The molecule has 0 amide bonds. The van der Waals surface area contributed by atoms with Crippen LogP contribution in [0.2, 0.25) is 0 Å². The molecule has 9 nitrogen and oxygen atoms in total. The molecule has 0 bridgehead atoms. The van der Waals surface area contributed by atoms with Gasteiger partial charge in [0.2, 0.25) is 0 Å². The molecule has 3 aromatic rings. The predicted octanol–water partition coefficient (Wildman–Crippen LogP) is 3.90. The van der Waals surface area contributed by atoms with E-state index < -0.39 is 0 Å². The van der Waals surface area contributed by atoms with Crippen LogP contribution in [0.4, 0.5) is 5.82 Å². The monoisotopic (exact) mass is 427 g/mol. The molecule has 168 valence electrons. The highest BCUT2D eigenvalue weighted by molar-refractivity contribution is 5.85. The number of fused-ring (bicyclic) bond motifs is 1. The summed E-state index contributed by atoms with van der Waals surface area (Å²) < 4.78 is 0. The van der Waals surface area contributed by atoms with E-state index >= 15 is 0 Å². The van der Waals surface area contributed by atoms with E-state index in [9.17, 15) is 9.59 Å². The molecule has 0 radical (unpaired) electrons. The highest BCUT2D eigenvalue weighted by atomic mass is 16.1. The molecule has 4 N–H and O–H groups in total. The summed E-state index contributed by atoms with van der Waals surface area (Å²) in [5, 5.41) is 4.99. The molecule has 9 heteroatoms. The Morgan fingerprint density at radius 1 is 1.00 bits per heavy atom. The second-order valence-electron chi connectivity index (χ2n) is 7.23. The molecule has 0 atom stereocenters. The highest BCUT2D eigenvalue weighted by Gasteiger charge is 2.12. The van der Waals surface area contributed by atoms with Crippen LogP contribution >= 0.6 is 0 Å². The fourth-order valence-corrected chi connectivity index (χ4v) is 3.38. The average Bonchev–Trinajstić information content (AvgIpc) is 3.12. The van der Waals surface area contributed by atoms with Gasteiger partial charge in [-0.2, -0.15) is 5.10 Å². The van der Waals surface area contributed by atoms with E-state index in [-0.39, 0.29) is 11.1 Å². The lowest BCUT2D eigenvalue weighted by Crippen LogP contribution is -2.08. The summed E-state index contributed by atoms with van der Waals surface area (Å²) in [5.41, 5.74) is 6.68. The van der Waals surface area contributed by atoms with Crippen LogP contribution < -0.4 is 16.5 Å². The van der Waals surface area contributed by atoms with Gasteiger partial charge in [-0.1, -0.05) is 47.0 Å². The van der Waals surface area contributed by atoms with E-state index in [0.717, 1.165) is 67.3 Å². The fourth-order valence-electron chi connectivity index (χ4n) is 3.38. The molecule has 0 unspecified atom stereocenters. The molecule has 31 heavy (non-hydrogen) atoms. The van der Waals surface area contributed by atoms with E-state index in [1.54, 1.807) is 0 Å². The molecule has 3 heterocycles. The van der Waals surface area contributed by atoms with Crippen LogP contribution in [-0.4, -0.2) is 30.6 Å². The van der Waals surface area contributed by atoms with Crippen molar-refractivity contribution < 1.29 is 0 Å². The maximum Gasteiger partial charge on any atom is 0.260 e. The Hall–Kier alpha value is -3.23. The summed E-state index contributed by atoms with van der Waals surface area (Å²) in [6.45, 7) is 8.43. The van der Waals surface area contributed by atoms with E-state index in [1.807, 2.05) is 0 Å². The number of hydrogen-bond acceptors (Lipinski definition) is 6. The Labute approximate surface area is 181 Å². The number of anilines is 1. The van der Waals surface area contributed by atoms with Crippen molar-refractivity contribution in [2.75, 3.05) is 5.43 Å². The van der Waals surface area contributed by atoms with Gasteiger partial charge in [0, 0.05) is 17.5 Å². The number of H-pyrrole nitrogens is 3. The average molecular weight is 428 g/mol. The second kappa shape index (κ2) is 12.5. The minimum absolute atomic E-state index is 0.0459. The van der Waals surface area contributed by atoms with Gasteiger partial charge in [0.05, 0.1) is 18.0 Å². The summed E-state index contributed by atoms with van der Waals surface area (Å²) in [4.78, 5) is 39.1. The van der Waals surface area contributed by atoms with Crippen molar-refractivity contribution in [3.63, 3.8) is 0 Å². The van der Waals surface area contributed by atoms with Crippen LogP contribution in [0.15, 0.2) is 33.4 Å². The number of hydrogen-bond donors (Lipinski definition) is 4. The topological polar surface area (TPSA) is 132 Å². The normalized spacial score (nSPS) is 10.5. The number of nitrogens with zero attached hydrogens (tertiary/aromatic N) is 3. The Bertz CT molecular complexity index is 1090. The minimum Gasteiger partial charge on any atom is -0.343 e. The van der Waals surface area contributed by atoms with Gasteiger partial charge in [-0.25, -0.2) is 9.97 Å². The van der Waals surface area contributed by atoms with E-state index in [4.69, 9.17) is 0 Å². The van der Waals surface area contributed by atoms with Crippen LogP contribution in [0.5, 0.6) is 0 Å². The molecule has 0 spiro atoms. The fraction of sp³-hybridized carbons (Fsp3) is 0.500. The molecule has 0 aliphatic rings. The van der Waals surface area contributed by atoms with Gasteiger partial charge in [0.25, 0.3) is 11.1 Å². The highest BCUT2D eigenvalue weighted by Crippen LogP contribution is 2.19. The van der Waals surface area contributed by atoms with Gasteiger partial charge in [-0.05, 0) is 31.2 Å². The standard InChI is InChI=1S/C11H18N4O.C11H15N3O/c1-3-5-9(6-4-2)14-15-10-7-11(16)13-8-12-10;1-3-5-8-7(4-2)9-10(14-8)12-6-13-11(9)15/h7-8H,3-6H2,1-2H3,(H2,12,13,15,16);6H,3-5H2,1-2H3,(H2,12,13,14,15). The Kier molecular flexibility index (Phi) is 9.67. The zero-order valence-electron chi connectivity index (χ0n) is 18.8. The zero-order valence-corrected chi connectivity index (χ0v) is 18.8. The first-order valence-electron chi connectivity index (χ1n) is 11.0. The van der Waals surface area contributed by atoms with Crippen LogP contribution in [0.25, 0.3) is 11.0 Å². The summed E-state index contributed by atoms with van der Waals surface area (Å²) in [6, 6.07) is 1.39. The first-order chi connectivity index (χ1) is 15.0.